The van der Waals surface area contributed by atoms with E-state index in [0.717, 1.165) is 25.9 Å². The first-order valence-corrected chi connectivity index (χ1v) is 6.47. The zero-order valence-corrected chi connectivity index (χ0v) is 10.9. The summed E-state index contributed by atoms with van der Waals surface area (Å²) >= 11 is 0. The lowest BCUT2D eigenvalue weighted by Gasteiger charge is -2.22. The van der Waals surface area contributed by atoms with Gasteiger partial charge >= 0.3 is 0 Å². The topological polar surface area (TPSA) is 112 Å². The van der Waals surface area contributed by atoms with Crippen molar-refractivity contribution in [3.05, 3.63) is 0 Å². The summed E-state index contributed by atoms with van der Waals surface area (Å²) in [6, 6.07) is 0. The van der Waals surface area contributed by atoms with Crippen LogP contribution in [0.5, 0.6) is 0 Å². The van der Waals surface area contributed by atoms with E-state index >= 15 is 0 Å². The quantitative estimate of drug-likeness (QED) is 0.592. The van der Waals surface area contributed by atoms with Gasteiger partial charge in [0.25, 0.3) is 0 Å². The van der Waals surface area contributed by atoms with E-state index in [1.807, 2.05) is 0 Å². The third-order valence-electron chi connectivity index (χ3n) is 3.04. The Morgan fingerprint density at radius 3 is 2.26 bits per heavy atom. The Balaban J connectivity index is 2.23. The first-order valence-electron chi connectivity index (χ1n) is 6.47. The smallest absolute Gasteiger partial charge is 0.232 e. The second-order valence-electron chi connectivity index (χ2n) is 4.42. The molecular weight excluding hydrogens is 248 g/mol. The number of nitrogen functional groups attached to an aromatic ring is 1. The fraction of sp³-hybridized carbons (Fsp3) is 0.727. The van der Waals surface area contributed by atoms with Gasteiger partial charge in [-0.3, -0.25) is 0 Å². The molecule has 0 atom stereocenters. The van der Waals surface area contributed by atoms with Crippen LogP contribution in [0.2, 0.25) is 0 Å². The standard InChI is InChI=1S/C11H20N6O2/c12-9-13-10(16-3-1-2-4-16)15-11(14-9)17(5-7-18)6-8-19/h18-19H,1-8H2,(H2,12,13,14,15). The molecule has 0 aromatic carbocycles. The van der Waals surface area contributed by atoms with Crippen molar-refractivity contribution in [3.8, 4) is 0 Å². The summed E-state index contributed by atoms with van der Waals surface area (Å²) in [5.41, 5.74) is 5.72. The van der Waals surface area contributed by atoms with Crippen molar-refractivity contribution in [2.75, 3.05) is 54.9 Å². The molecule has 1 aliphatic heterocycles. The van der Waals surface area contributed by atoms with Gasteiger partial charge in [-0.1, -0.05) is 0 Å². The number of anilines is 3. The predicted octanol–water partition coefficient (Wildman–Crippen LogP) is -1.15. The third-order valence-corrected chi connectivity index (χ3v) is 3.04. The van der Waals surface area contributed by atoms with Crippen LogP contribution in [0.4, 0.5) is 17.8 Å². The van der Waals surface area contributed by atoms with Crippen LogP contribution in [0.15, 0.2) is 0 Å². The van der Waals surface area contributed by atoms with E-state index in [9.17, 15) is 0 Å². The molecule has 106 valence electrons. The maximum atomic E-state index is 9.04. The summed E-state index contributed by atoms with van der Waals surface area (Å²) in [5.74, 6) is 1.13. The Labute approximate surface area is 111 Å². The molecule has 4 N–H and O–H groups in total. The largest absolute Gasteiger partial charge is 0.395 e. The molecule has 1 aliphatic rings. The molecular formula is C11H20N6O2. The van der Waals surface area contributed by atoms with Crippen LogP contribution in [0.1, 0.15) is 12.8 Å². The SMILES string of the molecule is Nc1nc(N(CCO)CCO)nc(N2CCCC2)n1. The molecule has 8 heteroatoms. The number of hydrogen-bond acceptors (Lipinski definition) is 8. The monoisotopic (exact) mass is 268 g/mol. The van der Waals surface area contributed by atoms with E-state index in [4.69, 9.17) is 15.9 Å². The number of nitrogens with two attached hydrogens (primary N) is 1. The molecule has 1 aromatic rings. The molecule has 19 heavy (non-hydrogen) atoms. The van der Waals surface area contributed by atoms with E-state index in [2.05, 4.69) is 19.9 Å². The van der Waals surface area contributed by atoms with Gasteiger partial charge in [-0.15, -0.1) is 0 Å². The molecule has 1 aromatic heterocycles. The van der Waals surface area contributed by atoms with Crippen molar-refractivity contribution in [3.63, 3.8) is 0 Å². The van der Waals surface area contributed by atoms with E-state index < -0.39 is 0 Å². The minimum absolute atomic E-state index is 0.0371. The molecule has 0 saturated carbocycles. The van der Waals surface area contributed by atoms with Gasteiger partial charge in [0.15, 0.2) is 0 Å². The highest BCUT2D eigenvalue weighted by Crippen LogP contribution is 2.19. The molecule has 0 aliphatic carbocycles. The van der Waals surface area contributed by atoms with Crippen molar-refractivity contribution >= 4 is 17.8 Å². The van der Waals surface area contributed by atoms with Crippen molar-refractivity contribution in [1.29, 1.82) is 0 Å². The molecule has 2 rings (SSSR count). The van der Waals surface area contributed by atoms with Gasteiger partial charge in [-0.05, 0) is 12.8 Å². The van der Waals surface area contributed by atoms with Gasteiger partial charge < -0.3 is 25.7 Å². The lowest BCUT2D eigenvalue weighted by molar-refractivity contribution is 0.280. The lowest BCUT2D eigenvalue weighted by Crippen LogP contribution is -2.32. The zero-order valence-electron chi connectivity index (χ0n) is 10.9. The van der Waals surface area contributed by atoms with Gasteiger partial charge in [-0.2, -0.15) is 15.0 Å². The minimum atomic E-state index is -0.0371. The maximum absolute atomic E-state index is 9.04. The van der Waals surface area contributed by atoms with Gasteiger partial charge in [0.05, 0.1) is 13.2 Å². The van der Waals surface area contributed by atoms with Crippen LogP contribution in [-0.2, 0) is 0 Å². The van der Waals surface area contributed by atoms with E-state index in [-0.39, 0.29) is 19.2 Å². The molecule has 1 fully saturated rings. The zero-order chi connectivity index (χ0) is 13.7. The Morgan fingerprint density at radius 1 is 1.05 bits per heavy atom. The van der Waals surface area contributed by atoms with Crippen molar-refractivity contribution in [2.24, 2.45) is 0 Å². The van der Waals surface area contributed by atoms with Crippen LogP contribution < -0.4 is 15.5 Å². The molecule has 0 spiro atoms. The van der Waals surface area contributed by atoms with E-state index in [1.54, 1.807) is 4.90 Å². The number of aromatic nitrogens is 3. The normalized spacial score (nSPS) is 14.9. The first-order chi connectivity index (χ1) is 9.24. The average Bonchev–Trinajstić information content (AvgIpc) is 2.91. The number of rotatable bonds is 6. The summed E-state index contributed by atoms with van der Waals surface area (Å²) in [6.45, 7) is 2.47. The molecule has 0 unspecified atom stereocenters. The highest BCUT2D eigenvalue weighted by atomic mass is 16.3. The highest BCUT2D eigenvalue weighted by molar-refractivity contribution is 5.44. The number of nitrogens with zero attached hydrogens (tertiary/aromatic N) is 5. The second kappa shape index (κ2) is 6.48. The Hall–Kier alpha value is -1.67. The van der Waals surface area contributed by atoms with Gasteiger partial charge in [-0.25, -0.2) is 0 Å². The maximum Gasteiger partial charge on any atom is 0.232 e. The summed E-state index contributed by atoms with van der Waals surface area (Å²) in [6.07, 6.45) is 2.25. The Kier molecular flexibility index (Phi) is 4.69. The molecule has 0 amide bonds. The van der Waals surface area contributed by atoms with Crippen molar-refractivity contribution < 1.29 is 10.2 Å². The van der Waals surface area contributed by atoms with Crippen LogP contribution in [0, 0.1) is 0 Å². The summed E-state index contributed by atoms with van der Waals surface area (Å²) in [5, 5.41) is 18.1. The molecule has 2 heterocycles. The van der Waals surface area contributed by atoms with E-state index in [1.165, 1.54) is 0 Å². The molecule has 1 saturated heterocycles. The highest BCUT2D eigenvalue weighted by Gasteiger charge is 2.18. The molecule has 0 radical (unpaired) electrons. The van der Waals surface area contributed by atoms with Gasteiger partial charge in [0.2, 0.25) is 17.8 Å². The molecule has 0 bridgehead atoms. The van der Waals surface area contributed by atoms with Crippen molar-refractivity contribution in [1.82, 2.24) is 15.0 Å². The lowest BCUT2D eigenvalue weighted by atomic mass is 10.4. The summed E-state index contributed by atoms with van der Waals surface area (Å²) < 4.78 is 0. The van der Waals surface area contributed by atoms with Crippen LogP contribution >= 0.6 is 0 Å². The number of aliphatic hydroxyl groups excluding tert-OH is 2. The average molecular weight is 268 g/mol. The first kappa shape index (κ1) is 13.8. The number of hydrogen-bond donors (Lipinski definition) is 3. The van der Waals surface area contributed by atoms with E-state index in [0.29, 0.717) is 25.0 Å². The predicted molar refractivity (Wildman–Crippen MR) is 72.1 cm³/mol. The minimum Gasteiger partial charge on any atom is -0.395 e. The summed E-state index contributed by atoms with van der Waals surface area (Å²) in [4.78, 5) is 16.4. The van der Waals surface area contributed by atoms with Gasteiger partial charge in [0, 0.05) is 26.2 Å². The van der Waals surface area contributed by atoms with Crippen molar-refractivity contribution in [2.45, 2.75) is 12.8 Å². The third kappa shape index (κ3) is 3.42. The van der Waals surface area contributed by atoms with Gasteiger partial charge in [0.1, 0.15) is 0 Å². The Morgan fingerprint density at radius 2 is 1.68 bits per heavy atom. The Bertz CT molecular complexity index is 404. The van der Waals surface area contributed by atoms with Crippen LogP contribution in [-0.4, -0.2) is 64.6 Å². The fourth-order valence-corrected chi connectivity index (χ4v) is 2.12. The fourth-order valence-electron chi connectivity index (χ4n) is 2.12. The van der Waals surface area contributed by atoms with Crippen LogP contribution in [0.3, 0.4) is 0 Å². The second-order valence-corrected chi connectivity index (χ2v) is 4.42. The number of aliphatic hydroxyl groups is 2. The molecule has 8 nitrogen and oxygen atoms in total. The van der Waals surface area contributed by atoms with Crippen LogP contribution in [0.25, 0.3) is 0 Å². The summed E-state index contributed by atoms with van der Waals surface area (Å²) in [7, 11) is 0.